The first kappa shape index (κ1) is 21.3. The first-order valence-electron chi connectivity index (χ1n) is 9.12. The summed E-state index contributed by atoms with van der Waals surface area (Å²) in [5, 5.41) is 7.58. The van der Waals surface area contributed by atoms with Crippen LogP contribution in [0.15, 0.2) is 33.9 Å². The fraction of sp³-hybridized carbons (Fsp3) is 0.500. The number of nitrogens with one attached hydrogen (secondary N) is 1. The number of nitrogens with zero attached hydrogens (tertiary/aromatic N) is 3. The normalized spacial score (nSPS) is 19.5. The fourth-order valence-corrected chi connectivity index (χ4v) is 6.14. The van der Waals surface area contributed by atoms with Crippen LogP contribution < -0.4 is 0 Å². The smallest absolute Gasteiger partial charge is 0.233 e. The highest BCUT2D eigenvalue weighted by atomic mass is 79.9. The van der Waals surface area contributed by atoms with Crippen molar-refractivity contribution >= 4 is 43.4 Å². The first-order valence-corrected chi connectivity index (χ1v) is 12.7. The molecule has 1 amide bonds. The first-order chi connectivity index (χ1) is 13.3. The van der Waals surface area contributed by atoms with Gasteiger partial charge in [0.1, 0.15) is 0 Å². The van der Waals surface area contributed by atoms with Crippen LogP contribution in [0.2, 0.25) is 0 Å². The van der Waals surface area contributed by atoms with Crippen LogP contribution in [-0.4, -0.2) is 63.7 Å². The molecule has 1 aromatic carbocycles. The van der Waals surface area contributed by atoms with Crippen molar-refractivity contribution in [2.45, 2.75) is 43.9 Å². The van der Waals surface area contributed by atoms with Crippen LogP contribution in [0.25, 0.3) is 11.4 Å². The predicted molar refractivity (Wildman–Crippen MR) is 114 cm³/mol. The summed E-state index contributed by atoms with van der Waals surface area (Å²) in [4.78, 5) is 19.1. The van der Waals surface area contributed by atoms with E-state index >= 15 is 0 Å². The number of carbonyl (C=O) groups is 1. The maximum atomic E-state index is 12.9. The summed E-state index contributed by atoms with van der Waals surface area (Å²) in [7, 11) is -3.05. The van der Waals surface area contributed by atoms with Gasteiger partial charge in [0.25, 0.3) is 0 Å². The number of H-pyrrole nitrogens is 1. The van der Waals surface area contributed by atoms with Crippen molar-refractivity contribution in [2.24, 2.45) is 0 Å². The highest BCUT2D eigenvalue weighted by molar-refractivity contribution is 9.10. The van der Waals surface area contributed by atoms with Gasteiger partial charge in [-0.2, -0.15) is 0 Å². The zero-order valence-electron chi connectivity index (χ0n) is 15.8. The standard InChI is InChI=1S/C18H23BrN4O3S2/c1-3-12(2)23(13-8-9-28(25,26)11-13)16(24)10-27-18-20-17(21-22-18)14-6-4-5-7-15(14)19/h4-7,12-13H,3,8-11H2,1-2H3,(H,20,21,22). The quantitative estimate of drug-likeness (QED) is 0.603. The Bertz CT molecular complexity index is 948. The number of carbonyl (C=O) groups excluding carboxylic acids is 1. The fourth-order valence-electron chi connectivity index (χ4n) is 3.29. The largest absolute Gasteiger partial charge is 0.335 e. The van der Waals surface area contributed by atoms with Crippen LogP contribution in [0, 0.1) is 0 Å². The second-order valence-corrected chi connectivity index (χ2v) is 10.9. The molecule has 1 fully saturated rings. The predicted octanol–water partition coefficient (Wildman–Crippen LogP) is 3.14. The van der Waals surface area contributed by atoms with E-state index in [-0.39, 0.29) is 35.2 Å². The Hall–Kier alpha value is -1.39. The molecule has 0 radical (unpaired) electrons. The lowest BCUT2D eigenvalue weighted by atomic mass is 10.1. The molecule has 0 saturated carbocycles. The maximum Gasteiger partial charge on any atom is 0.233 e. The van der Waals surface area contributed by atoms with Crippen LogP contribution in [0.1, 0.15) is 26.7 Å². The van der Waals surface area contributed by atoms with E-state index in [9.17, 15) is 13.2 Å². The Morgan fingerprint density at radius 2 is 2.18 bits per heavy atom. The molecule has 28 heavy (non-hydrogen) atoms. The zero-order chi connectivity index (χ0) is 20.3. The van der Waals surface area contributed by atoms with E-state index in [4.69, 9.17) is 0 Å². The van der Waals surface area contributed by atoms with Gasteiger partial charge in [-0.25, -0.2) is 13.4 Å². The molecule has 3 rings (SSSR count). The summed E-state index contributed by atoms with van der Waals surface area (Å²) in [5.74, 6) is 0.937. The van der Waals surface area contributed by atoms with Gasteiger partial charge in [0, 0.05) is 22.1 Å². The second-order valence-electron chi connectivity index (χ2n) is 6.85. The molecule has 1 aliphatic heterocycles. The van der Waals surface area contributed by atoms with E-state index in [1.807, 2.05) is 38.1 Å². The molecular formula is C18H23BrN4O3S2. The van der Waals surface area contributed by atoms with Crippen LogP contribution in [0.3, 0.4) is 0 Å². The van der Waals surface area contributed by atoms with Crippen LogP contribution in [0.5, 0.6) is 0 Å². The SMILES string of the molecule is CCC(C)N(C(=O)CSc1n[nH]c(-c2ccccc2Br)n1)C1CCS(=O)(=O)C1. The molecule has 1 aromatic heterocycles. The van der Waals surface area contributed by atoms with Crippen molar-refractivity contribution in [1.82, 2.24) is 20.1 Å². The zero-order valence-corrected chi connectivity index (χ0v) is 19.0. The number of amides is 1. The van der Waals surface area contributed by atoms with Crippen molar-refractivity contribution < 1.29 is 13.2 Å². The summed E-state index contributed by atoms with van der Waals surface area (Å²) in [6, 6.07) is 7.44. The summed E-state index contributed by atoms with van der Waals surface area (Å²) < 4.78 is 24.6. The van der Waals surface area contributed by atoms with Gasteiger partial charge >= 0.3 is 0 Å². The van der Waals surface area contributed by atoms with Crippen molar-refractivity contribution in [2.75, 3.05) is 17.3 Å². The highest BCUT2D eigenvalue weighted by Crippen LogP contribution is 2.27. The molecule has 10 heteroatoms. The third kappa shape index (κ3) is 4.96. The molecule has 152 valence electrons. The monoisotopic (exact) mass is 486 g/mol. The Labute approximate surface area is 177 Å². The maximum absolute atomic E-state index is 12.9. The lowest BCUT2D eigenvalue weighted by Gasteiger charge is -2.33. The number of aromatic amines is 1. The van der Waals surface area contributed by atoms with E-state index in [0.717, 1.165) is 16.5 Å². The Balaban J connectivity index is 1.67. The van der Waals surface area contributed by atoms with Crippen LogP contribution in [0.4, 0.5) is 0 Å². The minimum atomic E-state index is -3.05. The van der Waals surface area contributed by atoms with Gasteiger partial charge in [0.2, 0.25) is 11.1 Å². The summed E-state index contributed by atoms with van der Waals surface area (Å²) in [6.07, 6.45) is 1.29. The lowest BCUT2D eigenvalue weighted by Crippen LogP contribution is -2.47. The highest BCUT2D eigenvalue weighted by Gasteiger charge is 2.36. The number of hydrogen-bond acceptors (Lipinski definition) is 6. The molecule has 2 heterocycles. The topological polar surface area (TPSA) is 96.0 Å². The second kappa shape index (κ2) is 8.96. The van der Waals surface area contributed by atoms with E-state index in [2.05, 4.69) is 31.1 Å². The van der Waals surface area contributed by atoms with Gasteiger partial charge in [-0.3, -0.25) is 9.89 Å². The Morgan fingerprint density at radius 1 is 1.43 bits per heavy atom. The summed E-state index contributed by atoms with van der Waals surface area (Å²) >= 11 is 4.75. The van der Waals surface area contributed by atoms with Gasteiger partial charge in [-0.05, 0) is 25.8 Å². The minimum absolute atomic E-state index is 0.00521. The molecule has 1 N–H and O–H groups in total. The van der Waals surface area contributed by atoms with E-state index < -0.39 is 9.84 Å². The molecule has 1 aliphatic rings. The molecule has 7 nitrogen and oxygen atoms in total. The average molecular weight is 487 g/mol. The molecule has 2 aromatic rings. The summed E-state index contributed by atoms with van der Waals surface area (Å²) in [5.41, 5.74) is 0.894. The van der Waals surface area contributed by atoms with Crippen molar-refractivity contribution in [3.63, 3.8) is 0 Å². The average Bonchev–Trinajstić information content (AvgIpc) is 3.26. The molecule has 1 saturated heterocycles. The van der Waals surface area contributed by atoms with E-state index in [1.165, 1.54) is 11.8 Å². The minimum Gasteiger partial charge on any atom is -0.335 e. The van der Waals surface area contributed by atoms with Crippen molar-refractivity contribution in [1.29, 1.82) is 0 Å². The van der Waals surface area contributed by atoms with Crippen LogP contribution in [-0.2, 0) is 14.6 Å². The number of rotatable bonds is 7. The number of benzene rings is 1. The number of halogens is 1. The third-order valence-corrected chi connectivity index (χ3v) is 8.15. The number of sulfone groups is 1. The molecule has 2 atom stereocenters. The van der Waals surface area contributed by atoms with E-state index in [1.54, 1.807) is 4.90 Å². The molecular weight excluding hydrogens is 464 g/mol. The van der Waals surface area contributed by atoms with Gasteiger partial charge in [-0.15, -0.1) is 5.10 Å². The van der Waals surface area contributed by atoms with Gasteiger partial charge in [0.05, 0.1) is 17.3 Å². The third-order valence-electron chi connectivity index (χ3n) is 4.87. The van der Waals surface area contributed by atoms with Gasteiger partial charge in [-0.1, -0.05) is 52.8 Å². The lowest BCUT2D eigenvalue weighted by molar-refractivity contribution is -0.132. The van der Waals surface area contributed by atoms with Crippen molar-refractivity contribution in [3.8, 4) is 11.4 Å². The number of hydrogen-bond donors (Lipinski definition) is 1. The van der Waals surface area contributed by atoms with E-state index in [0.29, 0.717) is 17.4 Å². The van der Waals surface area contributed by atoms with Gasteiger partial charge in [0.15, 0.2) is 15.7 Å². The van der Waals surface area contributed by atoms with Gasteiger partial charge < -0.3 is 4.90 Å². The molecule has 2 unspecified atom stereocenters. The Morgan fingerprint density at radius 3 is 2.82 bits per heavy atom. The number of thioether (sulfide) groups is 1. The summed E-state index contributed by atoms with van der Waals surface area (Å²) in [6.45, 7) is 3.96. The number of aromatic nitrogens is 3. The molecule has 0 spiro atoms. The molecule has 0 bridgehead atoms. The molecule has 0 aliphatic carbocycles. The Kier molecular flexibility index (Phi) is 6.82. The van der Waals surface area contributed by atoms with Crippen LogP contribution >= 0.6 is 27.7 Å². The van der Waals surface area contributed by atoms with Crippen molar-refractivity contribution in [3.05, 3.63) is 28.7 Å².